The van der Waals surface area contributed by atoms with Crippen LogP contribution in [-0.2, 0) is 17.6 Å². The molecule has 1 saturated heterocycles. The third-order valence-corrected chi connectivity index (χ3v) is 6.39. The number of carbonyl (C=O) groups excluding carboxylic acids is 1. The molecule has 1 atom stereocenters. The van der Waals surface area contributed by atoms with Gasteiger partial charge in [0.25, 0.3) is 0 Å². The highest BCUT2D eigenvalue weighted by molar-refractivity contribution is 5.76. The van der Waals surface area contributed by atoms with Crippen LogP contribution < -0.4 is 9.47 Å². The van der Waals surface area contributed by atoms with Gasteiger partial charge in [-0.15, -0.1) is 0 Å². The average Bonchev–Trinajstić information content (AvgIpc) is 2.78. The van der Waals surface area contributed by atoms with Crippen LogP contribution >= 0.6 is 0 Å². The fraction of sp³-hybridized carbons (Fsp3) is 0.458. The van der Waals surface area contributed by atoms with Crippen LogP contribution in [0.5, 0.6) is 11.5 Å². The van der Waals surface area contributed by atoms with Crippen LogP contribution in [0.15, 0.2) is 42.5 Å². The molecule has 3 aliphatic rings. The van der Waals surface area contributed by atoms with E-state index in [1.54, 1.807) is 0 Å². The van der Waals surface area contributed by atoms with Gasteiger partial charge in [-0.2, -0.15) is 0 Å². The lowest BCUT2D eigenvalue weighted by Crippen LogP contribution is -2.52. The first-order valence-corrected chi connectivity index (χ1v) is 10.8. The molecule has 0 spiro atoms. The van der Waals surface area contributed by atoms with Crippen molar-refractivity contribution in [2.45, 2.75) is 31.7 Å². The van der Waals surface area contributed by atoms with Crippen LogP contribution in [0.3, 0.4) is 0 Å². The van der Waals surface area contributed by atoms with Gasteiger partial charge in [-0.1, -0.05) is 30.3 Å². The summed E-state index contributed by atoms with van der Waals surface area (Å²) in [6, 6.07) is 15.2. The molecule has 1 unspecified atom stereocenters. The highest BCUT2D eigenvalue weighted by Gasteiger charge is 2.33. The average molecular weight is 392 g/mol. The first kappa shape index (κ1) is 18.5. The van der Waals surface area contributed by atoms with E-state index in [0.29, 0.717) is 25.7 Å². The maximum absolute atomic E-state index is 12.9. The lowest BCUT2D eigenvalue weighted by atomic mass is 9.91. The summed E-state index contributed by atoms with van der Waals surface area (Å²) in [5.74, 6) is 1.93. The van der Waals surface area contributed by atoms with Gasteiger partial charge in [0.1, 0.15) is 13.2 Å². The van der Waals surface area contributed by atoms with Crippen LogP contribution in [0.25, 0.3) is 0 Å². The van der Waals surface area contributed by atoms with Crippen LogP contribution in [0.4, 0.5) is 0 Å². The predicted molar refractivity (Wildman–Crippen MR) is 111 cm³/mol. The summed E-state index contributed by atoms with van der Waals surface area (Å²) in [5, 5.41) is 0. The minimum atomic E-state index is 0.283. The normalized spacial score (nSPS) is 20.7. The van der Waals surface area contributed by atoms with Crippen molar-refractivity contribution < 1.29 is 14.3 Å². The van der Waals surface area contributed by atoms with Crippen LogP contribution in [0, 0.1) is 0 Å². The molecule has 152 valence electrons. The highest BCUT2D eigenvalue weighted by Crippen LogP contribution is 2.33. The van der Waals surface area contributed by atoms with Crippen molar-refractivity contribution in [3.05, 3.63) is 59.2 Å². The van der Waals surface area contributed by atoms with E-state index >= 15 is 0 Å². The lowest BCUT2D eigenvalue weighted by molar-refractivity contribution is -0.134. The summed E-state index contributed by atoms with van der Waals surface area (Å²) in [4.78, 5) is 17.5. The Bertz CT molecular complexity index is 897. The number of fused-ring (bicyclic) bond motifs is 4. The summed E-state index contributed by atoms with van der Waals surface area (Å²) in [5.41, 5.74) is 4.06. The molecular weight excluding hydrogens is 364 g/mol. The molecule has 5 nitrogen and oxygen atoms in total. The van der Waals surface area contributed by atoms with Crippen LogP contribution in [0.1, 0.15) is 35.6 Å². The van der Waals surface area contributed by atoms with E-state index in [2.05, 4.69) is 46.2 Å². The standard InChI is InChI=1S/C24H28N2O3/c27-24(7-3-4-18-8-9-22-23(16-18)29-15-14-28-22)26-13-12-25-11-10-19-5-1-2-6-20(19)21(25)17-26/h1-2,5-6,8-9,16,21H,3-4,7,10-15,17H2. The van der Waals surface area contributed by atoms with E-state index in [1.165, 1.54) is 16.7 Å². The molecule has 5 rings (SSSR count). The number of aryl methyl sites for hydroxylation is 1. The number of hydrogen-bond donors (Lipinski definition) is 0. The second-order valence-corrected chi connectivity index (χ2v) is 8.17. The van der Waals surface area contributed by atoms with Gasteiger partial charge in [0.2, 0.25) is 5.91 Å². The SMILES string of the molecule is O=C(CCCc1ccc2c(c1)OCCO2)N1CCN2CCc3ccccc3C2C1. The van der Waals surface area contributed by atoms with Gasteiger partial charge in [0.05, 0.1) is 6.04 Å². The highest BCUT2D eigenvalue weighted by atomic mass is 16.6. The first-order chi connectivity index (χ1) is 14.3. The Labute approximate surface area is 172 Å². The number of piperazine rings is 1. The maximum Gasteiger partial charge on any atom is 0.222 e. The number of rotatable bonds is 4. The zero-order valence-corrected chi connectivity index (χ0v) is 16.8. The van der Waals surface area contributed by atoms with Gasteiger partial charge >= 0.3 is 0 Å². The molecule has 0 aliphatic carbocycles. The lowest BCUT2D eigenvalue weighted by Gasteiger charge is -2.45. The van der Waals surface area contributed by atoms with Crippen LogP contribution in [0.2, 0.25) is 0 Å². The van der Waals surface area contributed by atoms with Crippen molar-refractivity contribution >= 4 is 5.91 Å². The maximum atomic E-state index is 12.9. The summed E-state index contributed by atoms with van der Waals surface area (Å²) in [6.07, 6.45) is 3.47. The second-order valence-electron chi connectivity index (χ2n) is 8.17. The van der Waals surface area contributed by atoms with Gasteiger partial charge < -0.3 is 14.4 Å². The minimum Gasteiger partial charge on any atom is -0.486 e. The van der Waals surface area contributed by atoms with E-state index < -0.39 is 0 Å². The van der Waals surface area contributed by atoms with E-state index in [0.717, 1.165) is 56.9 Å². The van der Waals surface area contributed by atoms with E-state index in [-0.39, 0.29) is 5.91 Å². The summed E-state index contributed by atoms with van der Waals surface area (Å²) in [6.45, 7) is 4.97. The fourth-order valence-corrected chi connectivity index (χ4v) is 4.81. The van der Waals surface area contributed by atoms with Crippen molar-refractivity contribution in [2.75, 3.05) is 39.4 Å². The van der Waals surface area contributed by atoms with Gasteiger partial charge in [0, 0.05) is 32.6 Å². The molecule has 0 N–H and O–H groups in total. The number of benzene rings is 2. The smallest absolute Gasteiger partial charge is 0.222 e. The van der Waals surface area contributed by atoms with Crippen molar-refractivity contribution in [3.8, 4) is 11.5 Å². The Morgan fingerprint density at radius 1 is 1.00 bits per heavy atom. The largest absolute Gasteiger partial charge is 0.486 e. The molecule has 2 aromatic rings. The zero-order chi connectivity index (χ0) is 19.6. The third-order valence-electron chi connectivity index (χ3n) is 6.39. The van der Waals surface area contributed by atoms with E-state index in [4.69, 9.17) is 9.47 Å². The van der Waals surface area contributed by atoms with Gasteiger partial charge in [-0.3, -0.25) is 9.69 Å². The van der Waals surface area contributed by atoms with Gasteiger partial charge in [0.15, 0.2) is 11.5 Å². The van der Waals surface area contributed by atoms with Crippen LogP contribution in [-0.4, -0.2) is 55.1 Å². The topological polar surface area (TPSA) is 42.0 Å². The number of hydrogen-bond acceptors (Lipinski definition) is 4. The molecule has 1 amide bonds. The van der Waals surface area contributed by atoms with Gasteiger partial charge in [-0.25, -0.2) is 0 Å². The van der Waals surface area contributed by atoms with Crippen molar-refractivity contribution in [2.24, 2.45) is 0 Å². The summed E-state index contributed by atoms with van der Waals surface area (Å²) in [7, 11) is 0. The Morgan fingerprint density at radius 3 is 2.79 bits per heavy atom. The van der Waals surface area contributed by atoms with E-state index in [9.17, 15) is 4.79 Å². The second kappa shape index (κ2) is 8.07. The molecule has 0 saturated carbocycles. The molecule has 0 aromatic heterocycles. The molecule has 29 heavy (non-hydrogen) atoms. The molecule has 3 heterocycles. The van der Waals surface area contributed by atoms with Crippen molar-refractivity contribution in [3.63, 3.8) is 0 Å². The van der Waals surface area contributed by atoms with Gasteiger partial charge in [-0.05, 0) is 48.1 Å². The van der Waals surface area contributed by atoms with Crippen molar-refractivity contribution in [1.82, 2.24) is 9.80 Å². The Hall–Kier alpha value is -2.53. The fourth-order valence-electron chi connectivity index (χ4n) is 4.81. The zero-order valence-electron chi connectivity index (χ0n) is 16.8. The monoisotopic (exact) mass is 392 g/mol. The molecule has 0 bridgehead atoms. The summed E-state index contributed by atoms with van der Waals surface area (Å²) < 4.78 is 11.2. The molecule has 5 heteroatoms. The number of ether oxygens (including phenoxy) is 2. The Kier molecular flexibility index (Phi) is 5.15. The first-order valence-electron chi connectivity index (χ1n) is 10.8. The molecule has 1 fully saturated rings. The summed E-state index contributed by atoms with van der Waals surface area (Å²) >= 11 is 0. The molecule has 2 aromatic carbocycles. The molecular formula is C24H28N2O3. The number of amides is 1. The minimum absolute atomic E-state index is 0.283. The molecule has 3 aliphatic heterocycles. The van der Waals surface area contributed by atoms with Crippen molar-refractivity contribution in [1.29, 1.82) is 0 Å². The Balaban J connectivity index is 1.17. The Morgan fingerprint density at radius 2 is 1.86 bits per heavy atom. The number of carbonyl (C=O) groups is 1. The molecule has 0 radical (unpaired) electrons. The predicted octanol–water partition coefficient (Wildman–Crippen LogP) is 3.22. The third kappa shape index (κ3) is 3.84. The quantitative estimate of drug-likeness (QED) is 0.801. The number of nitrogens with zero attached hydrogens (tertiary/aromatic N) is 2. The van der Waals surface area contributed by atoms with E-state index in [1.807, 2.05) is 6.07 Å².